The molecule has 2 aromatic rings. The number of hydrogen-bond acceptors (Lipinski definition) is 6. The van der Waals surface area contributed by atoms with Gasteiger partial charge in [-0.25, -0.2) is 9.59 Å². The van der Waals surface area contributed by atoms with Crippen molar-refractivity contribution in [1.82, 2.24) is 25.3 Å². The summed E-state index contributed by atoms with van der Waals surface area (Å²) in [6.45, 7) is 4.40. The fourth-order valence-electron chi connectivity index (χ4n) is 7.49. The summed E-state index contributed by atoms with van der Waals surface area (Å²) < 4.78 is 41.5. The third kappa shape index (κ3) is 7.67. The maximum absolute atomic E-state index is 14.0. The molecule has 4 aliphatic heterocycles. The first kappa shape index (κ1) is 33.8. The molecule has 0 unspecified atom stereocenters. The van der Waals surface area contributed by atoms with Gasteiger partial charge in [0.2, 0.25) is 5.91 Å². The molecule has 0 aliphatic carbocycles. The minimum atomic E-state index is -4.68. The van der Waals surface area contributed by atoms with Gasteiger partial charge in [-0.1, -0.05) is 0 Å². The summed E-state index contributed by atoms with van der Waals surface area (Å²) in [5, 5.41) is 11.2. The molecule has 1 aromatic heterocycles. The van der Waals surface area contributed by atoms with Crippen molar-refractivity contribution in [2.75, 3.05) is 50.3 Å². The monoisotopic (exact) mass is 739 g/mol. The largest absolute Gasteiger partial charge is 0.418 e. The van der Waals surface area contributed by atoms with Crippen LogP contribution in [0, 0.1) is 11.8 Å². The summed E-state index contributed by atoms with van der Waals surface area (Å²) in [6, 6.07) is 2.64. The SMILES string of the molecule is Nc1c(Br)cc(C[C@@H](NC(=O)N2CCC(N3Cc4sccc4NC3=O)CC2)C(=O)N2CCC(C3CCNCC3)CC2)cc1C(F)(F)F. The molecule has 1 aromatic carbocycles. The maximum Gasteiger partial charge on any atom is 0.418 e. The van der Waals surface area contributed by atoms with Crippen molar-refractivity contribution in [3.05, 3.63) is 44.1 Å². The average molecular weight is 741 g/mol. The number of anilines is 2. The number of fused-ring (bicyclic) bond motifs is 1. The van der Waals surface area contributed by atoms with E-state index in [1.807, 2.05) is 16.3 Å². The molecule has 4 aliphatic rings. The highest BCUT2D eigenvalue weighted by Crippen LogP contribution is 2.38. The second-order valence-electron chi connectivity index (χ2n) is 13.0. The second-order valence-corrected chi connectivity index (χ2v) is 14.9. The molecule has 1 atom stereocenters. The first-order valence-electron chi connectivity index (χ1n) is 16.3. The topological polar surface area (TPSA) is 123 Å². The van der Waals surface area contributed by atoms with Crippen molar-refractivity contribution < 1.29 is 27.6 Å². The highest BCUT2D eigenvalue weighted by Gasteiger charge is 2.38. The van der Waals surface area contributed by atoms with Crippen molar-refractivity contribution in [3.8, 4) is 0 Å². The third-order valence-corrected chi connectivity index (χ3v) is 11.7. The van der Waals surface area contributed by atoms with Gasteiger partial charge >= 0.3 is 18.2 Å². The van der Waals surface area contributed by atoms with E-state index in [2.05, 4.69) is 31.9 Å². The Hall–Kier alpha value is -3.04. The summed E-state index contributed by atoms with van der Waals surface area (Å²) in [6.07, 6.45) is 0.337. The molecule has 0 bridgehead atoms. The number of nitrogens with zero attached hydrogens (tertiary/aromatic N) is 3. The lowest BCUT2D eigenvalue weighted by molar-refractivity contribution is -0.137. The van der Waals surface area contributed by atoms with Crippen LogP contribution in [0.4, 0.5) is 34.1 Å². The van der Waals surface area contributed by atoms with Crippen molar-refractivity contribution in [2.24, 2.45) is 11.8 Å². The fraction of sp³-hybridized carbons (Fsp3) is 0.594. The standard InChI is InChI=1S/C32H41BrF3N7O3S/c33-24-16-19(15-23(28(24)37)32(34,35)36)17-26(29(44)41-10-3-21(4-11-41)20-1-8-38-9-2-20)40-30(45)42-12-5-22(6-13-42)43-18-27-25(7-14-47-27)39-31(43)46/h7,14-16,20-22,26,38H,1-6,8-13,17-18,37H2,(H,39,46)(H,40,45)/t26-/m1/s1. The second kappa shape index (κ2) is 14.2. The Kier molecular flexibility index (Phi) is 10.2. The van der Waals surface area contributed by atoms with E-state index >= 15 is 0 Å². The number of amides is 5. The van der Waals surface area contributed by atoms with Gasteiger partial charge in [0.1, 0.15) is 6.04 Å². The number of rotatable bonds is 6. The van der Waals surface area contributed by atoms with E-state index in [0.717, 1.165) is 55.4 Å². The van der Waals surface area contributed by atoms with Crippen LogP contribution in [-0.4, -0.2) is 84.0 Å². The highest BCUT2D eigenvalue weighted by molar-refractivity contribution is 9.10. The van der Waals surface area contributed by atoms with E-state index in [4.69, 9.17) is 5.73 Å². The maximum atomic E-state index is 14.0. The molecule has 6 rings (SSSR count). The van der Waals surface area contributed by atoms with E-state index in [9.17, 15) is 27.6 Å². The lowest BCUT2D eigenvalue weighted by Crippen LogP contribution is -2.57. The van der Waals surface area contributed by atoms with Gasteiger partial charge in [-0.2, -0.15) is 13.2 Å². The summed E-state index contributed by atoms with van der Waals surface area (Å²) in [7, 11) is 0. The number of benzene rings is 1. The Morgan fingerprint density at radius 1 is 1.02 bits per heavy atom. The molecule has 3 saturated heterocycles. The number of piperidine rings is 3. The quantitative estimate of drug-likeness (QED) is 0.293. The zero-order chi connectivity index (χ0) is 33.3. The van der Waals surface area contributed by atoms with Gasteiger partial charge in [0.25, 0.3) is 0 Å². The molecule has 5 amide bonds. The van der Waals surface area contributed by atoms with Gasteiger partial charge < -0.3 is 36.4 Å². The predicted molar refractivity (Wildman–Crippen MR) is 178 cm³/mol. The number of nitrogen functional groups attached to an aromatic ring is 1. The molecule has 256 valence electrons. The van der Waals surface area contributed by atoms with Gasteiger partial charge in [-0.15, -0.1) is 11.3 Å². The molecule has 5 N–H and O–H groups in total. The average Bonchev–Trinajstić information content (AvgIpc) is 3.52. The van der Waals surface area contributed by atoms with E-state index < -0.39 is 29.5 Å². The van der Waals surface area contributed by atoms with Crippen LogP contribution in [0.3, 0.4) is 0 Å². The highest BCUT2D eigenvalue weighted by atomic mass is 79.9. The summed E-state index contributed by atoms with van der Waals surface area (Å²) in [4.78, 5) is 46.6. The van der Waals surface area contributed by atoms with Crippen molar-refractivity contribution in [1.29, 1.82) is 0 Å². The number of carbonyl (C=O) groups is 3. The normalized spacial score (nSPS) is 20.9. The van der Waals surface area contributed by atoms with Crippen molar-refractivity contribution >= 4 is 56.6 Å². The Balaban J connectivity index is 1.13. The van der Waals surface area contributed by atoms with Gasteiger partial charge in [-0.05, 0) is 109 Å². The number of nitrogens with two attached hydrogens (primary N) is 1. The molecule has 10 nitrogen and oxygen atoms in total. The molecule has 0 radical (unpaired) electrons. The number of carbonyl (C=O) groups excluding carboxylic acids is 3. The number of hydrogen-bond donors (Lipinski definition) is 4. The Bertz CT molecular complexity index is 1470. The van der Waals surface area contributed by atoms with E-state index in [0.29, 0.717) is 57.4 Å². The molecule has 5 heterocycles. The Morgan fingerprint density at radius 2 is 1.68 bits per heavy atom. The van der Waals surface area contributed by atoms with E-state index in [-0.39, 0.29) is 34.4 Å². The third-order valence-electron chi connectivity index (χ3n) is 10.2. The van der Waals surface area contributed by atoms with Crippen LogP contribution >= 0.6 is 27.3 Å². The molecular formula is C32H41BrF3N7O3S. The first-order valence-corrected chi connectivity index (χ1v) is 18.0. The van der Waals surface area contributed by atoms with Crippen LogP contribution in [-0.2, 0) is 23.9 Å². The van der Waals surface area contributed by atoms with Gasteiger partial charge in [0.15, 0.2) is 0 Å². The summed E-state index contributed by atoms with van der Waals surface area (Å²) in [5.74, 6) is 0.865. The predicted octanol–water partition coefficient (Wildman–Crippen LogP) is 5.48. The molecule has 0 saturated carbocycles. The van der Waals surface area contributed by atoms with Crippen LogP contribution in [0.1, 0.15) is 54.5 Å². The van der Waals surface area contributed by atoms with E-state index in [1.54, 1.807) is 21.1 Å². The lowest BCUT2D eigenvalue weighted by Gasteiger charge is -2.41. The first-order chi connectivity index (χ1) is 22.5. The smallest absolute Gasteiger partial charge is 0.397 e. The van der Waals surface area contributed by atoms with Gasteiger partial charge in [-0.3, -0.25) is 4.79 Å². The number of thiophene rings is 1. The van der Waals surface area contributed by atoms with Crippen LogP contribution in [0.25, 0.3) is 0 Å². The minimum absolute atomic E-state index is 0.0408. The van der Waals surface area contributed by atoms with Crippen molar-refractivity contribution in [2.45, 2.75) is 69.8 Å². The molecule has 15 heteroatoms. The Morgan fingerprint density at radius 3 is 2.36 bits per heavy atom. The number of alkyl halides is 3. The van der Waals surface area contributed by atoms with Crippen LogP contribution in [0.15, 0.2) is 28.1 Å². The number of nitrogens with one attached hydrogen (secondary N) is 3. The van der Waals surface area contributed by atoms with Crippen LogP contribution in [0.2, 0.25) is 0 Å². The van der Waals surface area contributed by atoms with Crippen LogP contribution < -0.4 is 21.7 Å². The van der Waals surface area contributed by atoms with Gasteiger partial charge in [0.05, 0.1) is 23.5 Å². The van der Waals surface area contributed by atoms with Crippen LogP contribution in [0.5, 0.6) is 0 Å². The minimum Gasteiger partial charge on any atom is -0.397 e. The molecule has 0 spiro atoms. The molecular weight excluding hydrogens is 699 g/mol. The van der Waals surface area contributed by atoms with Gasteiger partial charge in [0, 0.05) is 48.0 Å². The number of halogens is 4. The summed E-state index contributed by atoms with van der Waals surface area (Å²) >= 11 is 4.74. The number of likely N-dealkylation sites (tertiary alicyclic amines) is 2. The Labute approximate surface area is 284 Å². The van der Waals surface area contributed by atoms with Crippen molar-refractivity contribution in [3.63, 3.8) is 0 Å². The summed E-state index contributed by atoms with van der Waals surface area (Å²) in [5.41, 5.74) is 5.41. The zero-order valence-electron chi connectivity index (χ0n) is 26.1. The zero-order valence-corrected chi connectivity index (χ0v) is 28.5. The fourth-order valence-corrected chi connectivity index (χ4v) is 8.83. The molecule has 3 fully saturated rings. The lowest BCUT2D eigenvalue weighted by atomic mass is 9.79. The van der Waals surface area contributed by atoms with E-state index in [1.165, 1.54) is 6.07 Å². The number of urea groups is 2. The molecule has 47 heavy (non-hydrogen) atoms.